The van der Waals surface area contributed by atoms with E-state index in [1.54, 1.807) is 13.2 Å². The molecule has 0 spiro atoms. The highest BCUT2D eigenvalue weighted by Crippen LogP contribution is 2.49. The predicted molar refractivity (Wildman–Crippen MR) is 86.6 cm³/mol. The van der Waals surface area contributed by atoms with Gasteiger partial charge >= 0.3 is 0 Å². The minimum atomic E-state index is 0.332. The lowest BCUT2D eigenvalue weighted by Gasteiger charge is -2.15. The Balaban J connectivity index is 2.12. The molecule has 0 aliphatic heterocycles. The van der Waals surface area contributed by atoms with Crippen LogP contribution in [0.4, 0.5) is 0 Å². The molecular formula is C19H20O2. The molecule has 0 fully saturated rings. The first-order chi connectivity index (χ1) is 10.2. The quantitative estimate of drug-likeness (QED) is 0.871. The van der Waals surface area contributed by atoms with Gasteiger partial charge in [0.05, 0.1) is 7.11 Å². The molecule has 0 aromatic heterocycles. The second-order valence-corrected chi connectivity index (χ2v) is 5.50. The molecule has 1 atom stereocenters. The van der Waals surface area contributed by atoms with Crippen LogP contribution in [0.3, 0.4) is 0 Å². The van der Waals surface area contributed by atoms with Crippen molar-refractivity contribution in [2.75, 3.05) is 7.11 Å². The van der Waals surface area contributed by atoms with E-state index in [0.29, 0.717) is 11.7 Å². The van der Waals surface area contributed by atoms with Crippen molar-refractivity contribution in [1.82, 2.24) is 0 Å². The van der Waals surface area contributed by atoms with Gasteiger partial charge in [0.2, 0.25) is 0 Å². The van der Waals surface area contributed by atoms with Crippen LogP contribution in [0.15, 0.2) is 42.5 Å². The number of allylic oxidation sites excluding steroid dienone is 2. The van der Waals surface area contributed by atoms with Crippen LogP contribution in [0.5, 0.6) is 11.5 Å². The first-order valence-electron chi connectivity index (χ1n) is 7.34. The Bertz CT molecular complexity index is 696. The Hall–Kier alpha value is -2.22. The molecule has 3 rings (SSSR count). The Morgan fingerprint density at radius 3 is 2.43 bits per heavy atom. The summed E-state index contributed by atoms with van der Waals surface area (Å²) >= 11 is 0. The average Bonchev–Trinajstić information content (AvgIpc) is 2.79. The number of hydrogen-bond acceptors (Lipinski definition) is 2. The molecule has 1 aliphatic carbocycles. The van der Waals surface area contributed by atoms with Gasteiger partial charge in [-0.15, -0.1) is 0 Å². The van der Waals surface area contributed by atoms with E-state index in [0.717, 1.165) is 12.2 Å². The third-order valence-corrected chi connectivity index (χ3v) is 4.38. The van der Waals surface area contributed by atoms with Gasteiger partial charge in [-0.1, -0.05) is 25.1 Å². The van der Waals surface area contributed by atoms with Gasteiger partial charge in [0, 0.05) is 5.92 Å². The predicted octanol–water partition coefficient (Wildman–Crippen LogP) is 4.84. The van der Waals surface area contributed by atoms with Gasteiger partial charge in [0.15, 0.2) is 0 Å². The van der Waals surface area contributed by atoms with Gasteiger partial charge in [0.1, 0.15) is 11.5 Å². The molecule has 2 nitrogen and oxygen atoms in total. The summed E-state index contributed by atoms with van der Waals surface area (Å²) in [4.78, 5) is 0. The maximum absolute atomic E-state index is 9.76. The lowest BCUT2D eigenvalue weighted by Crippen LogP contribution is -1.97. The fourth-order valence-electron chi connectivity index (χ4n) is 3.35. The van der Waals surface area contributed by atoms with Crippen molar-refractivity contribution in [1.29, 1.82) is 0 Å². The zero-order valence-corrected chi connectivity index (χ0v) is 12.7. The SMILES string of the molecule is CCC1C(c2ccc(OC)cc2)=C(C)c2cc(O)ccc21. The third kappa shape index (κ3) is 2.21. The van der Waals surface area contributed by atoms with Crippen molar-refractivity contribution >= 4 is 11.1 Å². The number of phenolic OH excluding ortho intramolecular Hbond substituents is 1. The molecule has 21 heavy (non-hydrogen) atoms. The fraction of sp³-hybridized carbons (Fsp3) is 0.263. The molecule has 0 saturated heterocycles. The number of phenols is 1. The van der Waals surface area contributed by atoms with Crippen molar-refractivity contribution in [3.63, 3.8) is 0 Å². The van der Waals surface area contributed by atoms with Gasteiger partial charge in [-0.05, 0) is 65.4 Å². The number of aromatic hydroxyl groups is 1. The van der Waals surface area contributed by atoms with E-state index in [4.69, 9.17) is 4.74 Å². The van der Waals surface area contributed by atoms with Crippen LogP contribution in [-0.2, 0) is 0 Å². The molecule has 108 valence electrons. The largest absolute Gasteiger partial charge is 0.508 e. The first-order valence-corrected chi connectivity index (χ1v) is 7.34. The molecule has 2 aromatic rings. The Morgan fingerprint density at radius 1 is 1.10 bits per heavy atom. The second kappa shape index (κ2) is 5.28. The van der Waals surface area contributed by atoms with E-state index < -0.39 is 0 Å². The Kier molecular flexibility index (Phi) is 3.46. The summed E-state index contributed by atoms with van der Waals surface area (Å²) < 4.78 is 5.24. The summed E-state index contributed by atoms with van der Waals surface area (Å²) in [6, 6.07) is 14.0. The summed E-state index contributed by atoms with van der Waals surface area (Å²) in [5.41, 5.74) is 6.35. The number of rotatable bonds is 3. The van der Waals surface area contributed by atoms with Crippen LogP contribution in [0.25, 0.3) is 11.1 Å². The Morgan fingerprint density at radius 2 is 1.81 bits per heavy atom. The van der Waals surface area contributed by atoms with Crippen LogP contribution < -0.4 is 4.74 Å². The van der Waals surface area contributed by atoms with E-state index in [2.05, 4.69) is 32.0 Å². The normalized spacial score (nSPS) is 17.0. The van der Waals surface area contributed by atoms with Crippen LogP contribution in [0.2, 0.25) is 0 Å². The van der Waals surface area contributed by atoms with Gasteiger partial charge in [0.25, 0.3) is 0 Å². The molecule has 2 heteroatoms. The molecule has 1 N–H and O–H groups in total. The van der Waals surface area contributed by atoms with Crippen molar-refractivity contribution in [3.05, 3.63) is 59.2 Å². The highest BCUT2D eigenvalue weighted by atomic mass is 16.5. The topological polar surface area (TPSA) is 29.5 Å². The fourth-order valence-corrected chi connectivity index (χ4v) is 3.35. The number of fused-ring (bicyclic) bond motifs is 1. The van der Waals surface area contributed by atoms with Gasteiger partial charge < -0.3 is 9.84 Å². The number of hydrogen-bond donors (Lipinski definition) is 1. The molecule has 0 amide bonds. The maximum Gasteiger partial charge on any atom is 0.118 e. The standard InChI is InChI=1S/C19H20O2/c1-4-16-17-10-7-14(20)11-18(17)12(2)19(16)13-5-8-15(21-3)9-6-13/h5-11,16,20H,4H2,1-3H3. The number of ether oxygens (including phenoxy) is 1. The zero-order chi connectivity index (χ0) is 15.0. The molecule has 0 bridgehead atoms. The Labute approximate surface area is 125 Å². The molecule has 2 aromatic carbocycles. The van der Waals surface area contributed by atoms with Gasteiger partial charge in [-0.3, -0.25) is 0 Å². The lowest BCUT2D eigenvalue weighted by molar-refractivity contribution is 0.415. The highest BCUT2D eigenvalue weighted by molar-refractivity contribution is 5.98. The zero-order valence-electron chi connectivity index (χ0n) is 12.7. The summed E-state index contributed by atoms with van der Waals surface area (Å²) in [6.45, 7) is 4.36. The molecular weight excluding hydrogens is 260 g/mol. The molecule has 1 aliphatic rings. The molecule has 0 radical (unpaired) electrons. The summed E-state index contributed by atoms with van der Waals surface area (Å²) in [7, 11) is 1.68. The van der Waals surface area contributed by atoms with E-state index >= 15 is 0 Å². The third-order valence-electron chi connectivity index (χ3n) is 4.38. The molecule has 1 unspecified atom stereocenters. The van der Waals surface area contributed by atoms with Crippen molar-refractivity contribution in [2.45, 2.75) is 26.2 Å². The summed E-state index contributed by atoms with van der Waals surface area (Å²) in [6.07, 6.45) is 1.05. The average molecular weight is 280 g/mol. The van der Waals surface area contributed by atoms with E-state index in [9.17, 15) is 5.11 Å². The van der Waals surface area contributed by atoms with Crippen LogP contribution >= 0.6 is 0 Å². The summed E-state index contributed by atoms with van der Waals surface area (Å²) in [5, 5.41) is 9.76. The lowest BCUT2D eigenvalue weighted by atomic mass is 9.89. The highest BCUT2D eigenvalue weighted by Gasteiger charge is 2.29. The first kappa shape index (κ1) is 13.7. The molecule has 0 saturated carbocycles. The van der Waals surface area contributed by atoms with E-state index in [-0.39, 0.29) is 0 Å². The van der Waals surface area contributed by atoms with Gasteiger partial charge in [-0.25, -0.2) is 0 Å². The van der Waals surface area contributed by atoms with E-state index in [1.165, 1.54) is 27.8 Å². The minimum absolute atomic E-state index is 0.332. The van der Waals surface area contributed by atoms with Crippen molar-refractivity contribution < 1.29 is 9.84 Å². The van der Waals surface area contributed by atoms with Crippen molar-refractivity contribution in [3.8, 4) is 11.5 Å². The smallest absolute Gasteiger partial charge is 0.118 e. The number of methoxy groups -OCH3 is 1. The minimum Gasteiger partial charge on any atom is -0.508 e. The monoisotopic (exact) mass is 280 g/mol. The van der Waals surface area contributed by atoms with Gasteiger partial charge in [-0.2, -0.15) is 0 Å². The van der Waals surface area contributed by atoms with Crippen LogP contribution in [0.1, 0.15) is 42.9 Å². The maximum atomic E-state index is 9.76. The van der Waals surface area contributed by atoms with Crippen LogP contribution in [-0.4, -0.2) is 12.2 Å². The second-order valence-electron chi connectivity index (χ2n) is 5.50. The van der Waals surface area contributed by atoms with Crippen LogP contribution in [0, 0.1) is 0 Å². The summed E-state index contributed by atoms with van der Waals surface area (Å²) in [5.74, 6) is 1.60. The molecule has 0 heterocycles. The van der Waals surface area contributed by atoms with Crippen molar-refractivity contribution in [2.24, 2.45) is 0 Å². The van der Waals surface area contributed by atoms with E-state index in [1.807, 2.05) is 18.2 Å². The number of benzene rings is 2.